The molecule has 0 aromatic heterocycles. The molecule has 0 aliphatic rings. The van der Waals surface area contributed by atoms with Crippen LogP contribution in [0.1, 0.15) is 84.0 Å². The maximum Gasteiger partial charge on any atom is 0.472 e. The summed E-state index contributed by atoms with van der Waals surface area (Å²) in [4.78, 5) is 21.0. The highest BCUT2D eigenvalue weighted by molar-refractivity contribution is 7.47. The van der Waals surface area contributed by atoms with Crippen LogP contribution >= 0.6 is 7.82 Å². The summed E-state index contributed by atoms with van der Waals surface area (Å²) in [7, 11) is -4.24. The first kappa shape index (κ1) is 31.0. The van der Waals surface area contributed by atoms with Crippen molar-refractivity contribution in [2.75, 3.05) is 26.4 Å². The summed E-state index contributed by atoms with van der Waals surface area (Å²) in [6, 6.07) is 0. The molecule has 0 aliphatic carbocycles. The Kier molecular flexibility index (Phi) is 21.1. The quantitative estimate of drug-likeness (QED) is 0.0878. The maximum atomic E-state index is 11.7. The van der Waals surface area contributed by atoms with E-state index in [0.29, 0.717) is 0 Å². The number of rotatable bonds is 22. The van der Waals surface area contributed by atoms with Crippen LogP contribution in [0.3, 0.4) is 0 Å². The van der Waals surface area contributed by atoms with Crippen LogP contribution in [0, 0.1) is 0 Å². The van der Waals surface area contributed by atoms with Gasteiger partial charge in [-0.1, -0.05) is 69.8 Å². The zero-order chi connectivity index (χ0) is 23.9. The summed E-state index contributed by atoms with van der Waals surface area (Å²) >= 11 is 0. The van der Waals surface area contributed by atoms with Gasteiger partial charge in [0.1, 0.15) is 12.7 Å². The minimum Gasteiger partial charge on any atom is -0.463 e. The lowest BCUT2D eigenvalue weighted by Crippen LogP contribution is -2.23. The average Bonchev–Trinajstić information content (AvgIpc) is 2.77. The highest BCUT2D eigenvalue weighted by Gasteiger charge is 2.22. The Morgan fingerprint density at radius 3 is 2.16 bits per heavy atom. The monoisotopic (exact) mass is 477 g/mol. The molecular formula is C23H44NO7P. The second kappa shape index (κ2) is 21.8. The minimum atomic E-state index is -4.24. The van der Waals surface area contributed by atoms with E-state index in [0.717, 1.165) is 44.9 Å². The summed E-state index contributed by atoms with van der Waals surface area (Å²) in [6.45, 7) is 1.39. The van der Waals surface area contributed by atoms with Gasteiger partial charge in [0.25, 0.3) is 0 Å². The third-order valence-electron chi connectivity index (χ3n) is 4.60. The van der Waals surface area contributed by atoms with E-state index in [1.54, 1.807) is 0 Å². The van der Waals surface area contributed by atoms with E-state index >= 15 is 0 Å². The van der Waals surface area contributed by atoms with Crippen molar-refractivity contribution in [1.82, 2.24) is 0 Å². The smallest absolute Gasteiger partial charge is 0.463 e. The molecule has 8 nitrogen and oxygen atoms in total. The lowest BCUT2D eigenvalue weighted by molar-refractivity contribution is -0.147. The van der Waals surface area contributed by atoms with Gasteiger partial charge in [-0.15, -0.1) is 0 Å². The molecule has 0 aromatic rings. The van der Waals surface area contributed by atoms with Gasteiger partial charge < -0.3 is 20.5 Å². The number of hydrogen-bond donors (Lipinski definition) is 3. The van der Waals surface area contributed by atoms with Crippen molar-refractivity contribution in [2.24, 2.45) is 5.73 Å². The average molecular weight is 478 g/mol. The van der Waals surface area contributed by atoms with Crippen molar-refractivity contribution in [1.29, 1.82) is 0 Å². The number of phosphoric ester groups is 1. The van der Waals surface area contributed by atoms with Crippen molar-refractivity contribution >= 4 is 13.8 Å². The summed E-state index contributed by atoms with van der Waals surface area (Å²) in [5, 5.41) is 9.67. The molecule has 0 saturated heterocycles. The van der Waals surface area contributed by atoms with Crippen LogP contribution in [0.2, 0.25) is 0 Å². The fraction of sp³-hybridized carbons (Fsp3) is 0.783. The third kappa shape index (κ3) is 22.2. The van der Waals surface area contributed by atoms with Crippen LogP contribution in [0.5, 0.6) is 0 Å². The Morgan fingerprint density at radius 1 is 0.938 bits per heavy atom. The number of hydrogen-bond acceptors (Lipinski definition) is 7. The molecule has 0 heterocycles. The first-order chi connectivity index (χ1) is 15.4. The van der Waals surface area contributed by atoms with Gasteiger partial charge in [0.2, 0.25) is 0 Å². The number of carbonyl (C=O) groups is 1. The third-order valence-corrected chi connectivity index (χ3v) is 5.58. The van der Waals surface area contributed by atoms with Crippen molar-refractivity contribution in [3.8, 4) is 0 Å². The predicted octanol–water partition coefficient (Wildman–Crippen LogP) is 4.80. The zero-order valence-corrected chi connectivity index (χ0v) is 20.6. The molecular weight excluding hydrogens is 433 g/mol. The van der Waals surface area contributed by atoms with Gasteiger partial charge in [0.15, 0.2) is 0 Å². The van der Waals surface area contributed by atoms with Crippen LogP contribution in [-0.4, -0.2) is 48.4 Å². The number of allylic oxidation sites excluding steroid dienone is 4. The number of unbranched alkanes of at least 4 members (excludes halogenated alkanes) is 9. The molecule has 0 aromatic carbocycles. The van der Waals surface area contributed by atoms with Crippen LogP contribution in [0.25, 0.3) is 0 Å². The number of aliphatic hydroxyl groups excluding tert-OH is 1. The van der Waals surface area contributed by atoms with E-state index in [1.165, 1.54) is 25.7 Å². The molecule has 1 unspecified atom stereocenters. The molecule has 0 bridgehead atoms. The Bertz CT molecular complexity index is 554. The summed E-state index contributed by atoms with van der Waals surface area (Å²) in [6.07, 6.45) is 20.2. The Hall–Kier alpha value is -1.02. The Labute approximate surface area is 193 Å². The van der Waals surface area contributed by atoms with Gasteiger partial charge in [0, 0.05) is 13.0 Å². The van der Waals surface area contributed by atoms with Gasteiger partial charge in [0.05, 0.1) is 13.2 Å². The largest absolute Gasteiger partial charge is 0.472 e. The highest BCUT2D eigenvalue weighted by atomic mass is 31.2. The fourth-order valence-electron chi connectivity index (χ4n) is 2.80. The molecule has 2 atom stereocenters. The molecule has 0 spiro atoms. The number of ether oxygens (including phenoxy) is 1. The lowest BCUT2D eigenvalue weighted by atomic mass is 10.1. The van der Waals surface area contributed by atoms with Gasteiger partial charge in [-0.2, -0.15) is 0 Å². The predicted molar refractivity (Wildman–Crippen MR) is 127 cm³/mol. The first-order valence-electron chi connectivity index (χ1n) is 11.9. The normalized spacial score (nSPS) is 14.8. The van der Waals surface area contributed by atoms with E-state index in [2.05, 4.69) is 40.3 Å². The molecule has 9 heteroatoms. The molecule has 0 fully saturated rings. The molecule has 4 N–H and O–H groups in total. The molecule has 0 radical (unpaired) electrons. The van der Waals surface area contributed by atoms with E-state index in [1.807, 2.05) is 0 Å². The van der Waals surface area contributed by atoms with Gasteiger partial charge >= 0.3 is 13.8 Å². The molecule has 0 amide bonds. The maximum absolute atomic E-state index is 11.7. The highest BCUT2D eigenvalue weighted by Crippen LogP contribution is 2.42. The van der Waals surface area contributed by atoms with E-state index in [4.69, 9.17) is 10.5 Å². The number of esters is 1. The van der Waals surface area contributed by atoms with Gasteiger partial charge in [-0.25, -0.2) is 4.57 Å². The molecule has 0 aliphatic heterocycles. The van der Waals surface area contributed by atoms with E-state index in [-0.39, 0.29) is 26.2 Å². The topological polar surface area (TPSA) is 128 Å². The first-order valence-corrected chi connectivity index (χ1v) is 13.4. The van der Waals surface area contributed by atoms with Crippen molar-refractivity contribution in [3.05, 3.63) is 24.3 Å². The fourth-order valence-corrected chi connectivity index (χ4v) is 3.57. The number of phosphoric acid groups is 1. The molecule has 0 saturated carbocycles. The van der Waals surface area contributed by atoms with E-state index < -0.39 is 26.5 Å². The SMILES string of the molecule is CCCCCC/C=C/C=C/CCCCCCCC(=O)OC[C@@H](O)COP(=O)(O)OCCN. The zero-order valence-electron chi connectivity index (χ0n) is 19.7. The van der Waals surface area contributed by atoms with Crippen LogP contribution < -0.4 is 5.73 Å². The van der Waals surface area contributed by atoms with Crippen LogP contribution in [0.4, 0.5) is 0 Å². The Balaban J connectivity index is 3.55. The van der Waals surface area contributed by atoms with Crippen molar-refractivity contribution < 1.29 is 33.1 Å². The Morgan fingerprint density at radius 2 is 1.53 bits per heavy atom. The number of aliphatic hydroxyl groups is 1. The van der Waals surface area contributed by atoms with Crippen LogP contribution in [-0.2, 0) is 23.1 Å². The van der Waals surface area contributed by atoms with Gasteiger partial charge in [-0.3, -0.25) is 13.8 Å². The lowest BCUT2D eigenvalue weighted by Gasteiger charge is -2.15. The minimum absolute atomic E-state index is 0.0715. The molecule has 32 heavy (non-hydrogen) atoms. The number of carbonyl (C=O) groups excluding carboxylic acids is 1. The second-order valence-corrected chi connectivity index (χ2v) is 9.19. The standard InChI is InChI=1S/C23H44NO7P/c1-2-3-4-5-6-7-8-9-10-11-12-13-14-15-16-17-23(26)29-20-22(25)21-31-32(27,28)30-19-18-24/h7-10,22,25H,2-6,11-21,24H2,1H3,(H,27,28)/b8-7+,10-9+/t22-/m1/s1. The summed E-state index contributed by atoms with van der Waals surface area (Å²) in [5.41, 5.74) is 5.16. The van der Waals surface area contributed by atoms with E-state index in [9.17, 15) is 19.4 Å². The summed E-state index contributed by atoms with van der Waals surface area (Å²) in [5.74, 6) is -0.403. The van der Waals surface area contributed by atoms with Crippen molar-refractivity contribution in [3.63, 3.8) is 0 Å². The number of nitrogens with two attached hydrogens (primary N) is 1. The van der Waals surface area contributed by atoms with Gasteiger partial charge in [-0.05, 0) is 32.1 Å². The van der Waals surface area contributed by atoms with Crippen molar-refractivity contribution in [2.45, 2.75) is 90.1 Å². The molecule has 0 rings (SSSR count). The summed E-state index contributed by atoms with van der Waals surface area (Å²) < 4.78 is 25.5. The van der Waals surface area contributed by atoms with Crippen LogP contribution in [0.15, 0.2) is 24.3 Å². The molecule has 188 valence electrons. The second-order valence-electron chi connectivity index (χ2n) is 7.74.